The molecule has 0 radical (unpaired) electrons. The minimum Gasteiger partial charge on any atom is -0.362 e. The zero-order valence-corrected chi connectivity index (χ0v) is 10.2. The highest BCUT2D eigenvalue weighted by Crippen LogP contribution is 2.31. The fourth-order valence-corrected chi connectivity index (χ4v) is 1.87. The SMILES string of the molecule is C=C1NC=Cc2cc(NC(=O)CC#N)c(Cl)cc21. The third kappa shape index (κ3) is 2.36. The minimum atomic E-state index is -0.379. The molecule has 2 N–H and O–H groups in total. The Morgan fingerprint density at radius 1 is 1.56 bits per heavy atom. The number of anilines is 1. The molecule has 0 aliphatic carbocycles. The number of nitriles is 1. The number of rotatable bonds is 2. The molecule has 1 aromatic carbocycles. The van der Waals surface area contributed by atoms with Crippen molar-refractivity contribution < 1.29 is 4.79 Å². The standard InChI is InChI=1S/C13H10ClN3O/c1-8-10-7-11(14)12(17-13(18)2-4-15)6-9(10)3-5-16-8/h3,5-7,16H,1-2H2,(H,17,18). The first-order valence-corrected chi connectivity index (χ1v) is 5.62. The monoisotopic (exact) mass is 259 g/mol. The Kier molecular flexibility index (Phi) is 3.35. The van der Waals surface area contributed by atoms with Crippen molar-refractivity contribution in [3.05, 3.63) is 41.1 Å². The second-order valence-electron chi connectivity index (χ2n) is 3.76. The third-order valence-electron chi connectivity index (χ3n) is 2.50. The maximum atomic E-state index is 11.4. The Morgan fingerprint density at radius 3 is 3.06 bits per heavy atom. The lowest BCUT2D eigenvalue weighted by Gasteiger charge is -2.17. The van der Waals surface area contributed by atoms with E-state index in [1.165, 1.54) is 0 Å². The summed E-state index contributed by atoms with van der Waals surface area (Å²) < 4.78 is 0. The van der Waals surface area contributed by atoms with Crippen molar-refractivity contribution in [1.29, 1.82) is 5.26 Å². The number of carbonyl (C=O) groups is 1. The van der Waals surface area contributed by atoms with Gasteiger partial charge in [0.2, 0.25) is 5.91 Å². The lowest BCUT2D eigenvalue weighted by Crippen LogP contribution is -2.13. The first-order valence-electron chi connectivity index (χ1n) is 5.24. The van der Waals surface area contributed by atoms with Gasteiger partial charge in [0.25, 0.3) is 0 Å². The molecular formula is C13H10ClN3O. The van der Waals surface area contributed by atoms with Crippen molar-refractivity contribution in [1.82, 2.24) is 5.32 Å². The smallest absolute Gasteiger partial charge is 0.238 e. The zero-order chi connectivity index (χ0) is 13.1. The maximum absolute atomic E-state index is 11.4. The lowest BCUT2D eigenvalue weighted by atomic mass is 10.0. The average molecular weight is 260 g/mol. The van der Waals surface area contributed by atoms with Crippen molar-refractivity contribution in [2.24, 2.45) is 0 Å². The third-order valence-corrected chi connectivity index (χ3v) is 2.81. The molecule has 0 aromatic heterocycles. The van der Waals surface area contributed by atoms with Crippen LogP contribution < -0.4 is 10.6 Å². The number of carbonyl (C=O) groups excluding carboxylic acids is 1. The van der Waals surface area contributed by atoms with E-state index < -0.39 is 0 Å². The molecule has 2 rings (SSSR count). The molecule has 0 saturated carbocycles. The average Bonchev–Trinajstić information content (AvgIpc) is 2.32. The van der Waals surface area contributed by atoms with E-state index >= 15 is 0 Å². The van der Waals surface area contributed by atoms with Crippen LogP contribution in [0.4, 0.5) is 5.69 Å². The number of nitrogens with one attached hydrogen (secondary N) is 2. The van der Waals surface area contributed by atoms with E-state index in [4.69, 9.17) is 16.9 Å². The Labute approximate surface area is 110 Å². The highest BCUT2D eigenvalue weighted by Gasteiger charge is 2.13. The molecule has 5 heteroatoms. The second kappa shape index (κ2) is 4.94. The topological polar surface area (TPSA) is 64.9 Å². The summed E-state index contributed by atoms with van der Waals surface area (Å²) in [7, 11) is 0. The molecule has 0 atom stereocenters. The van der Waals surface area contributed by atoms with Crippen LogP contribution in [0.1, 0.15) is 17.5 Å². The van der Waals surface area contributed by atoms with Gasteiger partial charge in [-0.1, -0.05) is 18.2 Å². The molecule has 0 saturated heterocycles. The van der Waals surface area contributed by atoms with Crippen LogP contribution in [0.2, 0.25) is 5.02 Å². The van der Waals surface area contributed by atoms with E-state index in [0.29, 0.717) is 10.7 Å². The molecule has 4 nitrogen and oxygen atoms in total. The van der Waals surface area contributed by atoms with Crippen LogP contribution in [-0.4, -0.2) is 5.91 Å². The fraction of sp³-hybridized carbons (Fsp3) is 0.0769. The molecule has 90 valence electrons. The van der Waals surface area contributed by atoms with Gasteiger partial charge < -0.3 is 10.6 Å². The minimum absolute atomic E-state index is 0.197. The quantitative estimate of drug-likeness (QED) is 0.858. The van der Waals surface area contributed by atoms with Gasteiger partial charge in [-0.05, 0) is 23.8 Å². The van der Waals surface area contributed by atoms with Crippen molar-refractivity contribution in [3.8, 4) is 6.07 Å². The van der Waals surface area contributed by atoms with Gasteiger partial charge in [-0.15, -0.1) is 0 Å². The summed E-state index contributed by atoms with van der Waals surface area (Å²) in [6.07, 6.45) is 3.43. The van der Waals surface area contributed by atoms with E-state index in [9.17, 15) is 4.79 Å². The first kappa shape index (κ1) is 12.2. The molecule has 0 unspecified atom stereocenters. The first-order chi connectivity index (χ1) is 8.61. The maximum Gasteiger partial charge on any atom is 0.238 e. The molecule has 1 aliphatic rings. The molecular weight excluding hydrogens is 250 g/mol. The van der Waals surface area contributed by atoms with Crippen molar-refractivity contribution in [2.45, 2.75) is 6.42 Å². The molecule has 0 fully saturated rings. The van der Waals surface area contributed by atoms with E-state index in [2.05, 4.69) is 17.2 Å². The molecule has 1 amide bonds. The van der Waals surface area contributed by atoms with Gasteiger partial charge >= 0.3 is 0 Å². The van der Waals surface area contributed by atoms with Gasteiger partial charge in [0, 0.05) is 17.5 Å². The van der Waals surface area contributed by atoms with E-state index in [-0.39, 0.29) is 12.3 Å². The molecule has 18 heavy (non-hydrogen) atoms. The van der Waals surface area contributed by atoms with Crippen LogP contribution in [0.15, 0.2) is 24.9 Å². The van der Waals surface area contributed by atoms with Crippen LogP contribution in [-0.2, 0) is 4.79 Å². The molecule has 0 bridgehead atoms. The van der Waals surface area contributed by atoms with Crippen LogP contribution in [0.5, 0.6) is 0 Å². The fourth-order valence-electron chi connectivity index (χ4n) is 1.66. The summed E-state index contributed by atoms with van der Waals surface area (Å²) in [6.45, 7) is 3.87. The zero-order valence-electron chi connectivity index (χ0n) is 9.46. The second-order valence-corrected chi connectivity index (χ2v) is 4.17. The predicted octanol–water partition coefficient (Wildman–Crippen LogP) is 2.74. The van der Waals surface area contributed by atoms with Crippen molar-refractivity contribution in [3.63, 3.8) is 0 Å². The molecule has 0 spiro atoms. The van der Waals surface area contributed by atoms with Gasteiger partial charge in [-0.3, -0.25) is 4.79 Å². The lowest BCUT2D eigenvalue weighted by molar-refractivity contribution is -0.115. The van der Waals surface area contributed by atoms with Gasteiger partial charge in [0.05, 0.1) is 16.8 Å². The number of nitrogens with zero attached hydrogens (tertiary/aromatic N) is 1. The molecule has 1 heterocycles. The number of hydrogen-bond donors (Lipinski definition) is 2. The molecule has 1 aromatic rings. The highest BCUT2D eigenvalue weighted by atomic mass is 35.5. The van der Waals surface area contributed by atoms with Crippen LogP contribution in [0.25, 0.3) is 11.8 Å². The number of hydrogen-bond acceptors (Lipinski definition) is 3. The number of amides is 1. The summed E-state index contributed by atoms with van der Waals surface area (Å²) in [6, 6.07) is 5.28. The summed E-state index contributed by atoms with van der Waals surface area (Å²) in [5, 5.41) is 14.4. The predicted molar refractivity (Wildman–Crippen MR) is 71.5 cm³/mol. The highest BCUT2D eigenvalue weighted by molar-refractivity contribution is 6.34. The number of fused-ring (bicyclic) bond motifs is 1. The number of halogens is 1. The Bertz CT molecular complexity index is 599. The Balaban J connectivity index is 2.35. The van der Waals surface area contributed by atoms with Crippen LogP contribution in [0.3, 0.4) is 0 Å². The summed E-state index contributed by atoms with van der Waals surface area (Å²) >= 11 is 6.08. The Hall–Kier alpha value is -2.25. The van der Waals surface area contributed by atoms with E-state index in [1.807, 2.05) is 6.08 Å². The summed E-state index contributed by atoms with van der Waals surface area (Å²) in [4.78, 5) is 11.4. The van der Waals surface area contributed by atoms with Crippen molar-refractivity contribution in [2.75, 3.05) is 5.32 Å². The largest absolute Gasteiger partial charge is 0.362 e. The van der Waals surface area contributed by atoms with E-state index in [1.54, 1.807) is 24.4 Å². The number of benzene rings is 1. The van der Waals surface area contributed by atoms with E-state index in [0.717, 1.165) is 16.8 Å². The van der Waals surface area contributed by atoms with Crippen molar-refractivity contribution >= 4 is 35.0 Å². The van der Waals surface area contributed by atoms with Crippen LogP contribution in [0, 0.1) is 11.3 Å². The van der Waals surface area contributed by atoms with Gasteiger partial charge in [-0.25, -0.2) is 0 Å². The Morgan fingerprint density at radius 2 is 2.33 bits per heavy atom. The molecule has 1 aliphatic heterocycles. The summed E-state index contributed by atoms with van der Waals surface area (Å²) in [5.74, 6) is -0.379. The summed E-state index contributed by atoms with van der Waals surface area (Å²) in [5.41, 5.74) is 3.05. The van der Waals surface area contributed by atoms with Gasteiger partial charge in [0.15, 0.2) is 0 Å². The van der Waals surface area contributed by atoms with Gasteiger partial charge in [-0.2, -0.15) is 5.26 Å². The normalized spacial score (nSPS) is 12.3. The van der Waals surface area contributed by atoms with Gasteiger partial charge in [0.1, 0.15) is 6.42 Å². The van der Waals surface area contributed by atoms with Crippen LogP contribution >= 0.6 is 11.6 Å².